The fourth-order valence-electron chi connectivity index (χ4n) is 3.84. The Morgan fingerprint density at radius 2 is 1.93 bits per heavy atom. The van der Waals surface area contributed by atoms with Gasteiger partial charge < -0.3 is 14.6 Å². The van der Waals surface area contributed by atoms with Crippen molar-refractivity contribution in [2.45, 2.75) is 39.7 Å². The van der Waals surface area contributed by atoms with Crippen LogP contribution in [0.5, 0.6) is 11.5 Å². The molecule has 0 bridgehead atoms. The summed E-state index contributed by atoms with van der Waals surface area (Å²) < 4.78 is 21.5. The second kappa shape index (κ2) is 7.59. The number of benzene rings is 2. The molecule has 8 heteroatoms. The number of rotatable bonds is 4. The van der Waals surface area contributed by atoms with Crippen molar-refractivity contribution in [3.63, 3.8) is 0 Å². The lowest BCUT2D eigenvalue weighted by Crippen LogP contribution is -2.26. The normalized spacial score (nSPS) is 15.9. The summed E-state index contributed by atoms with van der Waals surface area (Å²) in [7, 11) is -3.04. The van der Waals surface area contributed by atoms with Crippen LogP contribution in [0.1, 0.15) is 41.6 Å². The fourth-order valence-corrected chi connectivity index (χ4v) is 4.23. The first-order valence-electron chi connectivity index (χ1n) is 8.94. The first-order valence-corrected chi connectivity index (χ1v) is 10.5. The predicted molar refractivity (Wildman–Crippen MR) is 105 cm³/mol. The highest BCUT2D eigenvalue weighted by molar-refractivity contribution is 7.46. The second-order valence-electron chi connectivity index (χ2n) is 6.99. The van der Waals surface area contributed by atoms with Crippen molar-refractivity contribution in [3.8, 4) is 22.6 Å². The lowest BCUT2D eigenvalue weighted by Gasteiger charge is -2.21. The smallest absolute Gasteiger partial charge is 0.496 e. The van der Waals surface area contributed by atoms with Gasteiger partial charge in [-0.15, -0.1) is 0 Å². The molecule has 2 aromatic carbocycles. The summed E-state index contributed by atoms with van der Waals surface area (Å²) >= 11 is 0. The van der Waals surface area contributed by atoms with Crippen molar-refractivity contribution in [3.05, 3.63) is 46.5 Å². The molecule has 7 nitrogen and oxygen atoms in total. The number of phosphoric acid groups is 1. The Hall–Kier alpha value is -2.34. The molecule has 0 aromatic heterocycles. The van der Waals surface area contributed by atoms with Gasteiger partial charge in [-0.1, -0.05) is 6.07 Å². The van der Waals surface area contributed by atoms with Crippen molar-refractivity contribution in [1.82, 2.24) is 5.32 Å². The Labute approximate surface area is 163 Å². The third-order valence-electron chi connectivity index (χ3n) is 5.13. The molecule has 0 saturated heterocycles. The molecule has 1 aliphatic rings. The Balaban J connectivity index is 2.23. The molecule has 1 amide bonds. The van der Waals surface area contributed by atoms with Crippen LogP contribution in [-0.2, 0) is 15.8 Å². The molecule has 28 heavy (non-hydrogen) atoms. The predicted octanol–water partition coefficient (Wildman–Crippen LogP) is 3.57. The van der Waals surface area contributed by atoms with Crippen molar-refractivity contribution in [2.24, 2.45) is 0 Å². The van der Waals surface area contributed by atoms with E-state index in [-0.39, 0.29) is 17.7 Å². The number of methoxy groups -OCH3 is 1. The Morgan fingerprint density at radius 3 is 2.54 bits per heavy atom. The molecule has 150 valence electrons. The van der Waals surface area contributed by atoms with Crippen LogP contribution in [0.4, 0.5) is 0 Å². The SMILES string of the molecule is COc1cc2c(c(C)c1C)-c1ccc(OP(=O)(O)O)cc1[C@@H](NC(C)=O)CC2. The molecule has 3 N–H and O–H groups in total. The highest BCUT2D eigenvalue weighted by Gasteiger charge is 2.27. The van der Waals surface area contributed by atoms with Gasteiger partial charge in [-0.25, -0.2) is 4.57 Å². The number of carbonyl (C=O) groups excluding carboxylic acids is 1. The van der Waals surface area contributed by atoms with Crippen LogP contribution < -0.4 is 14.6 Å². The molecule has 0 spiro atoms. The van der Waals surface area contributed by atoms with Gasteiger partial charge in [-0.2, -0.15) is 0 Å². The summed E-state index contributed by atoms with van der Waals surface area (Å²) in [4.78, 5) is 30.0. The van der Waals surface area contributed by atoms with E-state index in [1.54, 1.807) is 19.2 Å². The van der Waals surface area contributed by atoms with E-state index >= 15 is 0 Å². The molecule has 1 aliphatic carbocycles. The molecule has 0 fully saturated rings. The molecule has 3 rings (SSSR count). The topological polar surface area (TPSA) is 105 Å². The van der Waals surface area contributed by atoms with Gasteiger partial charge in [-0.05, 0) is 78.3 Å². The van der Waals surface area contributed by atoms with Gasteiger partial charge in [0.25, 0.3) is 0 Å². The first kappa shape index (κ1) is 20.4. The van der Waals surface area contributed by atoms with Crippen molar-refractivity contribution < 1.29 is 28.4 Å². The lowest BCUT2D eigenvalue weighted by atomic mass is 9.89. The zero-order valence-electron chi connectivity index (χ0n) is 16.3. The summed E-state index contributed by atoms with van der Waals surface area (Å²) in [6.07, 6.45) is 1.37. The third-order valence-corrected chi connectivity index (χ3v) is 5.57. The number of amides is 1. The van der Waals surface area contributed by atoms with E-state index in [2.05, 4.69) is 5.32 Å². The maximum Gasteiger partial charge on any atom is 0.524 e. The van der Waals surface area contributed by atoms with Gasteiger partial charge in [0.2, 0.25) is 5.91 Å². The maximum absolute atomic E-state index is 11.8. The van der Waals surface area contributed by atoms with Crippen LogP contribution >= 0.6 is 7.82 Å². The zero-order valence-corrected chi connectivity index (χ0v) is 17.2. The molecular formula is C20H24NO6P. The number of nitrogens with one attached hydrogen (secondary N) is 1. The van der Waals surface area contributed by atoms with Gasteiger partial charge in [0.1, 0.15) is 11.5 Å². The summed E-state index contributed by atoms with van der Waals surface area (Å²) in [6, 6.07) is 6.65. The van der Waals surface area contributed by atoms with Crippen molar-refractivity contribution >= 4 is 13.7 Å². The molecule has 0 unspecified atom stereocenters. The minimum atomic E-state index is -4.68. The highest BCUT2D eigenvalue weighted by Crippen LogP contribution is 2.45. The minimum absolute atomic E-state index is 0.0637. The standard InChI is InChI=1S/C20H24NO6P/c1-11-12(2)20-14(9-19(11)26-4)5-8-18(21-13(3)22)17-10-15(6-7-16(17)20)27-28(23,24)25/h6-7,9-10,18H,5,8H2,1-4H3,(H,21,22)(H2,23,24,25)/t18-/m0/s1. The number of fused-ring (bicyclic) bond motifs is 3. The van der Waals surface area contributed by atoms with Crippen LogP contribution in [-0.4, -0.2) is 22.8 Å². The lowest BCUT2D eigenvalue weighted by molar-refractivity contribution is -0.119. The summed E-state index contributed by atoms with van der Waals surface area (Å²) in [5, 5.41) is 2.95. The number of hydrogen-bond acceptors (Lipinski definition) is 4. The second-order valence-corrected chi connectivity index (χ2v) is 8.15. The number of phosphoric ester groups is 1. The average Bonchev–Trinajstić information content (AvgIpc) is 2.73. The molecule has 0 radical (unpaired) electrons. The van der Waals surface area contributed by atoms with Crippen LogP contribution in [0.15, 0.2) is 24.3 Å². The highest BCUT2D eigenvalue weighted by atomic mass is 31.2. The number of ether oxygens (including phenoxy) is 1. The fraction of sp³-hybridized carbons (Fsp3) is 0.350. The van der Waals surface area contributed by atoms with Gasteiger partial charge in [0.05, 0.1) is 13.2 Å². The van der Waals surface area contributed by atoms with E-state index in [1.165, 1.54) is 13.0 Å². The Bertz CT molecular complexity index is 981. The number of hydrogen-bond donors (Lipinski definition) is 3. The van der Waals surface area contributed by atoms with E-state index in [0.29, 0.717) is 6.42 Å². The molecular weight excluding hydrogens is 381 g/mol. The van der Waals surface area contributed by atoms with E-state index in [0.717, 1.165) is 45.6 Å². The summed E-state index contributed by atoms with van der Waals surface area (Å²) in [5.74, 6) is 0.708. The number of aryl methyl sites for hydroxylation is 1. The van der Waals surface area contributed by atoms with E-state index in [4.69, 9.17) is 19.0 Å². The van der Waals surface area contributed by atoms with Gasteiger partial charge in [0.15, 0.2) is 0 Å². The molecule has 1 atom stereocenters. The van der Waals surface area contributed by atoms with Gasteiger partial charge >= 0.3 is 7.82 Å². The zero-order chi connectivity index (χ0) is 20.6. The van der Waals surface area contributed by atoms with Crippen LogP contribution in [0, 0.1) is 13.8 Å². The monoisotopic (exact) mass is 405 g/mol. The van der Waals surface area contributed by atoms with Crippen molar-refractivity contribution in [2.75, 3.05) is 7.11 Å². The van der Waals surface area contributed by atoms with E-state index in [1.807, 2.05) is 19.9 Å². The van der Waals surface area contributed by atoms with Crippen LogP contribution in [0.25, 0.3) is 11.1 Å². The number of carbonyl (C=O) groups is 1. The summed E-state index contributed by atoms with van der Waals surface area (Å²) in [5.41, 5.74) is 5.95. The van der Waals surface area contributed by atoms with E-state index in [9.17, 15) is 9.36 Å². The maximum atomic E-state index is 11.8. The third kappa shape index (κ3) is 4.07. The molecule has 2 aromatic rings. The van der Waals surface area contributed by atoms with Crippen LogP contribution in [0.2, 0.25) is 0 Å². The Morgan fingerprint density at radius 1 is 1.21 bits per heavy atom. The quantitative estimate of drug-likeness (QED) is 0.672. The minimum Gasteiger partial charge on any atom is -0.496 e. The van der Waals surface area contributed by atoms with Gasteiger partial charge in [0, 0.05) is 6.92 Å². The molecule has 0 aliphatic heterocycles. The van der Waals surface area contributed by atoms with Gasteiger partial charge in [-0.3, -0.25) is 14.6 Å². The summed E-state index contributed by atoms with van der Waals surface area (Å²) in [6.45, 7) is 5.47. The van der Waals surface area contributed by atoms with Crippen molar-refractivity contribution in [1.29, 1.82) is 0 Å². The molecule has 0 heterocycles. The Kier molecular flexibility index (Phi) is 5.53. The first-order chi connectivity index (χ1) is 13.1. The van der Waals surface area contributed by atoms with E-state index < -0.39 is 7.82 Å². The average molecular weight is 405 g/mol. The van der Waals surface area contributed by atoms with Crippen LogP contribution in [0.3, 0.4) is 0 Å². The largest absolute Gasteiger partial charge is 0.524 e. The molecule has 0 saturated carbocycles.